The lowest BCUT2D eigenvalue weighted by Crippen LogP contribution is -2.45. The monoisotopic (exact) mass is 224 g/mol. The molecule has 1 aliphatic heterocycles. The summed E-state index contributed by atoms with van der Waals surface area (Å²) in [6.45, 7) is 3.45. The first-order valence-corrected chi connectivity index (χ1v) is 5.57. The fourth-order valence-corrected chi connectivity index (χ4v) is 1.93. The summed E-state index contributed by atoms with van der Waals surface area (Å²) in [6.07, 6.45) is 0.0838. The van der Waals surface area contributed by atoms with Crippen LogP contribution in [0.25, 0.3) is 0 Å². The third kappa shape index (κ3) is 2.78. The van der Waals surface area contributed by atoms with Crippen molar-refractivity contribution < 1.29 is 9.13 Å². The van der Waals surface area contributed by atoms with Crippen molar-refractivity contribution in [2.24, 2.45) is 5.73 Å². The molecule has 0 aromatic heterocycles. The van der Waals surface area contributed by atoms with Crippen molar-refractivity contribution in [2.45, 2.75) is 12.6 Å². The number of hydrogen-bond donors (Lipinski definition) is 1. The Labute approximate surface area is 95.0 Å². The molecular formula is C12H17FN2O. The summed E-state index contributed by atoms with van der Waals surface area (Å²) < 4.78 is 18.9. The zero-order valence-corrected chi connectivity index (χ0v) is 9.23. The van der Waals surface area contributed by atoms with Gasteiger partial charge in [0, 0.05) is 31.7 Å². The maximum Gasteiger partial charge on any atom is 0.127 e. The molecule has 1 fully saturated rings. The zero-order chi connectivity index (χ0) is 11.4. The molecule has 16 heavy (non-hydrogen) atoms. The number of benzene rings is 1. The lowest BCUT2D eigenvalue weighted by Gasteiger charge is -2.32. The molecule has 0 radical (unpaired) electrons. The first-order chi connectivity index (χ1) is 7.79. The van der Waals surface area contributed by atoms with Crippen molar-refractivity contribution >= 4 is 0 Å². The van der Waals surface area contributed by atoms with Crippen molar-refractivity contribution in [1.82, 2.24) is 4.90 Å². The lowest BCUT2D eigenvalue weighted by atomic mass is 10.2. The Kier molecular flexibility index (Phi) is 3.88. The number of nitrogens with zero attached hydrogens (tertiary/aromatic N) is 1. The predicted octanol–water partition coefficient (Wildman–Crippen LogP) is 0.985. The minimum Gasteiger partial charge on any atom is -0.374 e. The molecule has 0 bridgehead atoms. The van der Waals surface area contributed by atoms with Crippen LogP contribution in [0.1, 0.15) is 5.56 Å². The van der Waals surface area contributed by atoms with Gasteiger partial charge in [0.25, 0.3) is 0 Å². The fraction of sp³-hybridized carbons (Fsp3) is 0.500. The molecule has 3 nitrogen and oxygen atoms in total. The Hall–Kier alpha value is -0.970. The third-order valence-corrected chi connectivity index (χ3v) is 2.84. The molecule has 4 heteroatoms. The van der Waals surface area contributed by atoms with Crippen molar-refractivity contribution in [3.8, 4) is 0 Å². The van der Waals surface area contributed by atoms with Gasteiger partial charge in [-0.1, -0.05) is 18.2 Å². The summed E-state index contributed by atoms with van der Waals surface area (Å²) in [5.74, 6) is -0.140. The molecule has 88 valence electrons. The van der Waals surface area contributed by atoms with E-state index in [-0.39, 0.29) is 11.9 Å². The molecule has 2 rings (SSSR count). The summed E-state index contributed by atoms with van der Waals surface area (Å²) in [5.41, 5.74) is 6.30. The minimum atomic E-state index is -0.140. The van der Waals surface area contributed by atoms with Crippen LogP contribution in [-0.4, -0.2) is 37.2 Å². The molecular weight excluding hydrogens is 207 g/mol. The van der Waals surface area contributed by atoms with Gasteiger partial charge in [0.2, 0.25) is 0 Å². The number of rotatable bonds is 3. The lowest BCUT2D eigenvalue weighted by molar-refractivity contribution is -0.0263. The van der Waals surface area contributed by atoms with E-state index in [2.05, 4.69) is 4.90 Å². The van der Waals surface area contributed by atoms with E-state index in [1.165, 1.54) is 6.07 Å². The van der Waals surface area contributed by atoms with Crippen LogP contribution in [0.2, 0.25) is 0 Å². The number of hydrogen-bond acceptors (Lipinski definition) is 3. The van der Waals surface area contributed by atoms with Gasteiger partial charge in [-0.2, -0.15) is 0 Å². The van der Waals surface area contributed by atoms with Gasteiger partial charge in [-0.05, 0) is 6.07 Å². The van der Waals surface area contributed by atoms with Gasteiger partial charge in [0.05, 0.1) is 12.7 Å². The van der Waals surface area contributed by atoms with Crippen molar-refractivity contribution in [3.05, 3.63) is 35.6 Å². The third-order valence-electron chi connectivity index (χ3n) is 2.84. The molecule has 1 aliphatic rings. The van der Waals surface area contributed by atoms with E-state index in [0.717, 1.165) is 18.7 Å². The van der Waals surface area contributed by atoms with Crippen LogP contribution in [0.4, 0.5) is 4.39 Å². The predicted molar refractivity (Wildman–Crippen MR) is 60.5 cm³/mol. The Morgan fingerprint density at radius 3 is 3.00 bits per heavy atom. The Morgan fingerprint density at radius 1 is 1.44 bits per heavy atom. The van der Waals surface area contributed by atoms with Crippen LogP contribution < -0.4 is 5.73 Å². The van der Waals surface area contributed by atoms with Gasteiger partial charge in [-0.15, -0.1) is 0 Å². The highest BCUT2D eigenvalue weighted by molar-refractivity contribution is 5.17. The molecule has 1 aromatic rings. The van der Waals surface area contributed by atoms with Gasteiger partial charge in [-0.25, -0.2) is 4.39 Å². The van der Waals surface area contributed by atoms with Crippen molar-refractivity contribution in [2.75, 3.05) is 26.2 Å². The largest absolute Gasteiger partial charge is 0.374 e. The Morgan fingerprint density at radius 2 is 2.25 bits per heavy atom. The maximum absolute atomic E-state index is 13.4. The van der Waals surface area contributed by atoms with E-state index in [1.54, 1.807) is 6.07 Å². The van der Waals surface area contributed by atoms with Crippen LogP contribution in [0.3, 0.4) is 0 Å². The Balaban J connectivity index is 1.97. The highest BCUT2D eigenvalue weighted by Gasteiger charge is 2.19. The molecule has 1 aromatic carbocycles. The first kappa shape index (κ1) is 11.5. The minimum absolute atomic E-state index is 0.0838. The molecule has 1 atom stereocenters. The van der Waals surface area contributed by atoms with Crippen LogP contribution in [-0.2, 0) is 11.3 Å². The highest BCUT2D eigenvalue weighted by Crippen LogP contribution is 2.12. The van der Waals surface area contributed by atoms with E-state index in [1.807, 2.05) is 12.1 Å². The second-order valence-electron chi connectivity index (χ2n) is 4.06. The van der Waals surface area contributed by atoms with E-state index in [9.17, 15) is 4.39 Å². The number of nitrogens with two attached hydrogens (primary N) is 1. The first-order valence-electron chi connectivity index (χ1n) is 5.57. The smallest absolute Gasteiger partial charge is 0.127 e. The van der Waals surface area contributed by atoms with Gasteiger partial charge >= 0.3 is 0 Å². The molecule has 1 saturated heterocycles. The fourth-order valence-electron chi connectivity index (χ4n) is 1.93. The number of ether oxygens (including phenoxy) is 1. The van der Waals surface area contributed by atoms with Crippen LogP contribution in [0.5, 0.6) is 0 Å². The van der Waals surface area contributed by atoms with E-state index in [0.29, 0.717) is 19.7 Å². The summed E-state index contributed by atoms with van der Waals surface area (Å²) in [7, 11) is 0. The van der Waals surface area contributed by atoms with Gasteiger partial charge in [-0.3, -0.25) is 4.90 Å². The molecule has 2 N–H and O–H groups in total. The summed E-state index contributed by atoms with van der Waals surface area (Å²) >= 11 is 0. The van der Waals surface area contributed by atoms with Gasteiger partial charge < -0.3 is 10.5 Å². The molecule has 0 amide bonds. The highest BCUT2D eigenvalue weighted by atomic mass is 19.1. The molecule has 0 saturated carbocycles. The molecule has 1 heterocycles. The summed E-state index contributed by atoms with van der Waals surface area (Å²) in [4.78, 5) is 2.18. The Bertz CT molecular complexity index is 346. The molecule has 0 unspecified atom stereocenters. The van der Waals surface area contributed by atoms with E-state index < -0.39 is 0 Å². The quantitative estimate of drug-likeness (QED) is 0.832. The van der Waals surface area contributed by atoms with Crippen LogP contribution in [0, 0.1) is 5.82 Å². The molecule has 0 aliphatic carbocycles. The number of halogens is 1. The topological polar surface area (TPSA) is 38.5 Å². The summed E-state index contributed by atoms with van der Waals surface area (Å²) in [5, 5.41) is 0. The summed E-state index contributed by atoms with van der Waals surface area (Å²) in [6, 6.07) is 6.89. The maximum atomic E-state index is 13.4. The van der Waals surface area contributed by atoms with Gasteiger partial charge in [0.15, 0.2) is 0 Å². The van der Waals surface area contributed by atoms with Crippen molar-refractivity contribution in [1.29, 1.82) is 0 Å². The van der Waals surface area contributed by atoms with E-state index >= 15 is 0 Å². The standard InChI is InChI=1S/C12H17FN2O/c13-12-4-2-1-3-10(12)8-15-5-6-16-11(7-14)9-15/h1-4,11H,5-9,14H2/t11-/m1/s1. The second-order valence-corrected chi connectivity index (χ2v) is 4.06. The van der Waals surface area contributed by atoms with Crippen LogP contribution >= 0.6 is 0 Å². The van der Waals surface area contributed by atoms with E-state index in [4.69, 9.17) is 10.5 Å². The average Bonchev–Trinajstić information content (AvgIpc) is 2.32. The second kappa shape index (κ2) is 5.39. The SMILES string of the molecule is NC[C@@H]1CN(Cc2ccccc2F)CCO1. The number of morpholine rings is 1. The van der Waals surface area contributed by atoms with Gasteiger partial charge in [0.1, 0.15) is 5.82 Å². The van der Waals surface area contributed by atoms with Crippen LogP contribution in [0.15, 0.2) is 24.3 Å². The normalized spacial score (nSPS) is 22.2. The zero-order valence-electron chi connectivity index (χ0n) is 9.23. The molecule has 0 spiro atoms. The average molecular weight is 224 g/mol. The van der Waals surface area contributed by atoms with Crippen molar-refractivity contribution in [3.63, 3.8) is 0 Å².